The van der Waals surface area contributed by atoms with Crippen molar-refractivity contribution in [2.45, 2.75) is 38.9 Å². The van der Waals surface area contributed by atoms with Gasteiger partial charge in [-0.15, -0.1) is 0 Å². The summed E-state index contributed by atoms with van der Waals surface area (Å²) in [4.78, 5) is 4.15. The monoisotopic (exact) mass is 246 g/mol. The molecule has 0 aliphatic carbocycles. The second-order valence-electron chi connectivity index (χ2n) is 5.62. The van der Waals surface area contributed by atoms with Crippen LogP contribution in [0.2, 0.25) is 0 Å². The van der Waals surface area contributed by atoms with Crippen molar-refractivity contribution in [1.82, 2.24) is 4.98 Å². The maximum absolute atomic E-state index is 5.95. The lowest BCUT2D eigenvalue weighted by Gasteiger charge is -2.32. The van der Waals surface area contributed by atoms with Crippen LogP contribution >= 0.6 is 0 Å². The molecule has 2 rings (SSSR count). The van der Waals surface area contributed by atoms with E-state index in [0.717, 1.165) is 11.0 Å². The fourth-order valence-electron chi connectivity index (χ4n) is 1.74. The highest BCUT2D eigenvalue weighted by atomic mass is 16.7. The van der Waals surface area contributed by atoms with E-state index in [0.29, 0.717) is 5.70 Å². The minimum absolute atomic E-state index is 0.354. The third-order valence-electron chi connectivity index (χ3n) is 3.66. The maximum atomic E-state index is 5.95. The number of hydrogen-bond acceptors (Lipinski definition) is 4. The molecule has 1 saturated heterocycles. The van der Waals surface area contributed by atoms with Crippen molar-refractivity contribution in [2.75, 3.05) is 0 Å². The van der Waals surface area contributed by atoms with Crippen LogP contribution in [0, 0.1) is 0 Å². The molecular formula is C13H19BN2O2. The van der Waals surface area contributed by atoms with Crippen molar-refractivity contribution in [2.24, 2.45) is 5.73 Å². The molecule has 1 fully saturated rings. The van der Waals surface area contributed by atoms with E-state index in [1.807, 2.05) is 33.8 Å². The van der Waals surface area contributed by atoms with Gasteiger partial charge in [0, 0.05) is 29.1 Å². The predicted octanol–water partition coefficient (Wildman–Crippen LogP) is 1.31. The van der Waals surface area contributed by atoms with Gasteiger partial charge in [0.2, 0.25) is 0 Å². The second kappa shape index (κ2) is 4.11. The average molecular weight is 246 g/mol. The van der Waals surface area contributed by atoms with Crippen molar-refractivity contribution in [1.29, 1.82) is 0 Å². The van der Waals surface area contributed by atoms with E-state index in [2.05, 4.69) is 11.6 Å². The molecule has 0 saturated carbocycles. The Hall–Kier alpha value is -1.33. The molecule has 96 valence electrons. The zero-order valence-electron chi connectivity index (χ0n) is 11.4. The van der Waals surface area contributed by atoms with E-state index in [1.54, 1.807) is 12.4 Å². The highest BCUT2D eigenvalue weighted by molar-refractivity contribution is 6.62. The van der Waals surface area contributed by atoms with Crippen LogP contribution in [0.15, 0.2) is 25.0 Å². The first-order chi connectivity index (χ1) is 8.23. The SMILES string of the molecule is C=C(N)c1cncc(B2OC(C)(C)C(C)(C)O2)c1. The number of pyridine rings is 1. The lowest BCUT2D eigenvalue weighted by atomic mass is 9.79. The van der Waals surface area contributed by atoms with Crippen molar-refractivity contribution in [3.8, 4) is 0 Å². The Bertz CT molecular complexity index is 470. The molecule has 2 N–H and O–H groups in total. The Kier molecular flexibility index (Phi) is 2.99. The number of aromatic nitrogens is 1. The zero-order chi connectivity index (χ0) is 13.6. The van der Waals surface area contributed by atoms with E-state index in [-0.39, 0.29) is 11.2 Å². The van der Waals surface area contributed by atoms with Gasteiger partial charge >= 0.3 is 7.12 Å². The normalized spacial score (nSPS) is 21.0. The molecular weight excluding hydrogens is 227 g/mol. The number of nitrogens with zero attached hydrogens (tertiary/aromatic N) is 1. The van der Waals surface area contributed by atoms with E-state index >= 15 is 0 Å². The Morgan fingerprint density at radius 1 is 1.22 bits per heavy atom. The van der Waals surface area contributed by atoms with Crippen molar-refractivity contribution in [3.63, 3.8) is 0 Å². The molecule has 0 amide bonds. The van der Waals surface area contributed by atoms with Gasteiger partial charge in [-0.1, -0.05) is 12.6 Å². The van der Waals surface area contributed by atoms with Crippen LogP contribution in [0.4, 0.5) is 0 Å². The van der Waals surface area contributed by atoms with Crippen LogP contribution in [0.1, 0.15) is 33.3 Å². The van der Waals surface area contributed by atoms with Gasteiger partial charge in [-0.3, -0.25) is 4.98 Å². The van der Waals surface area contributed by atoms with Crippen molar-refractivity contribution < 1.29 is 9.31 Å². The summed E-state index contributed by atoms with van der Waals surface area (Å²) in [6, 6.07) is 1.90. The molecule has 5 heteroatoms. The first kappa shape index (κ1) is 13.1. The van der Waals surface area contributed by atoms with Crippen molar-refractivity contribution >= 4 is 18.3 Å². The Morgan fingerprint density at radius 3 is 2.28 bits per heavy atom. The summed E-state index contributed by atoms with van der Waals surface area (Å²) >= 11 is 0. The van der Waals surface area contributed by atoms with Crippen LogP contribution in [-0.2, 0) is 9.31 Å². The first-order valence-corrected chi connectivity index (χ1v) is 5.98. The standard InChI is InChI=1S/C13H19BN2O2/c1-9(15)10-6-11(8-16-7-10)14-17-12(2,3)13(4,5)18-14/h6-8H,1,15H2,2-5H3. The van der Waals surface area contributed by atoms with Gasteiger partial charge in [0.1, 0.15) is 0 Å². The minimum atomic E-state index is -0.415. The van der Waals surface area contributed by atoms with Gasteiger partial charge < -0.3 is 15.0 Å². The maximum Gasteiger partial charge on any atom is 0.496 e. The summed E-state index contributed by atoms with van der Waals surface area (Å²) < 4.78 is 11.9. The Morgan fingerprint density at radius 2 is 1.78 bits per heavy atom. The highest BCUT2D eigenvalue weighted by Crippen LogP contribution is 2.36. The van der Waals surface area contributed by atoms with Gasteiger partial charge in [-0.2, -0.15) is 0 Å². The number of rotatable bonds is 2. The smallest absolute Gasteiger partial charge is 0.399 e. The van der Waals surface area contributed by atoms with Gasteiger partial charge in [0.05, 0.1) is 11.2 Å². The Labute approximate surface area is 108 Å². The molecule has 1 aliphatic heterocycles. The molecule has 1 aliphatic rings. The zero-order valence-corrected chi connectivity index (χ0v) is 11.4. The average Bonchev–Trinajstić information content (AvgIpc) is 2.48. The third kappa shape index (κ3) is 2.16. The number of hydrogen-bond donors (Lipinski definition) is 1. The highest BCUT2D eigenvalue weighted by Gasteiger charge is 2.51. The second-order valence-corrected chi connectivity index (χ2v) is 5.62. The summed E-state index contributed by atoms with van der Waals surface area (Å²) in [6.45, 7) is 11.8. The third-order valence-corrected chi connectivity index (χ3v) is 3.66. The molecule has 0 aromatic carbocycles. The molecule has 0 radical (unpaired) electrons. The molecule has 0 atom stereocenters. The van der Waals surface area contributed by atoms with Gasteiger partial charge in [0.25, 0.3) is 0 Å². The predicted molar refractivity (Wildman–Crippen MR) is 73.2 cm³/mol. The fraction of sp³-hybridized carbons (Fsp3) is 0.462. The van der Waals surface area contributed by atoms with Crippen LogP contribution in [0.25, 0.3) is 5.70 Å². The quantitative estimate of drug-likeness (QED) is 0.799. The molecule has 1 aromatic heterocycles. The lowest BCUT2D eigenvalue weighted by Crippen LogP contribution is -2.41. The molecule has 4 nitrogen and oxygen atoms in total. The molecule has 1 aromatic rings. The van der Waals surface area contributed by atoms with Crippen LogP contribution in [-0.4, -0.2) is 23.3 Å². The first-order valence-electron chi connectivity index (χ1n) is 5.98. The molecule has 0 bridgehead atoms. The summed E-state index contributed by atoms with van der Waals surface area (Å²) in [6.07, 6.45) is 3.41. The largest absolute Gasteiger partial charge is 0.496 e. The van der Waals surface area contributed by atoms with E-state index in [9.17, 15) is 0 Å². The molecule has 2 heterocycles. The fourth-order valence-corrected chi connectivity index (χ4v) is 1.74. The van der Waals surface area contributed by atoms with Crippen molar-refractivity contribution in [3.05, 3.63) is 30.6 Å². The molecule has 0 unspecified atom stereocenters. The Balaban J connectivity index is 2.30. The lowest BCUT2D eigenvalue weighted by molar-refractivity contribution is 0.00578. The van der Waals surface area contributed by atoms with Crippen LogP contribution in [0.5, 0.6) is 0 Å². The van der Waals surface area contributed by atoms with E-state index < -0.39 is 7.12 Å². The number of nitrogens with two attached hydrogens (primary N) is 1. The van der Waals surface area contributed by atoms with Gasteiger partial charge in [-0.05, 0) is 27.7 Å². The molecule has 18 heavy (non-hydrogen) atoms. The van der Waals surface area contributed by atoms with Gasteiger partial charge in [0.15, 0.2) is 0 Å². The van der Waals surface area contributed by atoms with E-state index in [1.165, 1.54) is 0 Å². The summed E-state index contributed by atoms with van der Waals surface area (Å²) in [5.41, 5.74) is 7.10. The summed E-state index contributed by atoms with van der Waals surface area (Å²) in [5.74, 6) is 0. The van der Waals surface area contributed by atoms with E-state index in [4.69, 9.17) is 15.0 Å². The minimum Gasteiger partial charge on any atom is -0.399 e. The summed E-state index contributed by atoms with van der Waals surface area (Å²) in [7, 11) is -0.415. The summed E-state index contributed by atoms with van der Waals surface area (Å²) in [5, 5.41) is 0. The molecule has 0 spiro atoms. The van der Waals surface area contributed by atoms with Crippen LogP contribution < -0.4 is 11.2 Å². The topological polar surface area (TPSA) is 57.4 Å². The van der Waals surface area contributed by atoms with Crippen LogP contribution in [0.3, 0.4) is 0 Å². The van der Waals surface area contributed by atoms with Gasteiger partial charge in [-0.25, -0.2) is 0 Å².